The van der Waals surface area contributed by atoms with Crippen LogP contribution in [0.3, 0.4) is 0 Å². The molecule has 0 spiro atoms. The first-order valence-electron chi connectivity index (χ1n) is 22.0. The number of benzene rings is 4. The van der Waals surface area contributed by atoms with Gasteiger partial charge in [-0.3, -0.25) is 9.59 Å². The molecule has 15 heteroatoms. The number of ketones is 1. The molecule has 15 nitrogen and oxygen atoms in total. The molecule has 3 aliphatic rings. The number of likely N-dealkylation sites (tertiary alicyclic amines) is 1. The summed E-state index contributed by atoms with van der Waals surface area (Å²) in [5.74, 6) is 1.12. The molecular formula is C49H53N7O8. The molecule has 4 N–H and O–H groups in total. The van der Waals surface area contributed by atoms with Crippen LogP contribution in [0.5, 0.6) is 5.75 Å². The lowest BCUT2D eigenvalue weighted by molar-refractivity contribution is -0.134. The van der Waals surface area contributed by atoms with Gasteiger partial charge in [-0.25, -0.2) is 19.6 Å². The molecule has 6 atom stereocenters. The van der Waals surface area contributed by atoms with Crippen LogP contribution in [0.2, 0.25) is 0 Å². The van der Waals surface area contributed by atoms with E-state index in [2.05, 4.69) is 57.0 Å². The Labute approximate surface area is 370 Å². The van der Waals surface area contributed by atoms with Gasteiger partial charge < -0.3 is 44.4 Å². The predicted molar refractivity (Wildman–Crippen MR) is 239 cm³/mol. The zero-order valence-corrected chi connectivity index (χ0v) is 36.6. The van der Waals surface area contributed by atoms with Gasteiger partial charge >= 0.3 is 12.2 Å². The molecule has 332 valence electrons. The molecule has 1 unspecified atom stereocenters. The number of carbonyl (C=O) groups excluding carboxylic acids is 4. The number of rotatable bonds is 12. The van der Waals surface area contributed by atoms with Crippen LogP contribution in [0.1, 0.15) is 87.2 Å². The molecule has 9 rings (SSSR count). The summed E-state index contributed by atoms with van der Waals surface area (Å²) in [6.07, 6.45) is 3.09. The number of ether oxygens (including phenoxy) is 4. The Morgan fingerprint density at radius 2 is 1.70 bits per heavy atom. The topological polar surface area (TPSA) is 190 Å². The highest BCUT2D eigenvalue weighted by Gasteiger charge is 2.45. The molecule has 2 aromatic heterocycles. The minimum absolute atomic E-state index is 0.0498. The van der Waals surface area contributed by atoms with Crippen molar-refractivity contribution >= 4 is 45.7 Å². The van der Waals surface area contributed by atoms with Crippen LogP contribution >= 0.6 is 0 Å². The summed E-state index contributed by atoms with van der Waals surface area (Å²) in [6, 6.07) is 21.9. The van der Waals surface area contributed by atoms with Gasteiger partial charge in [0, 0.05) is 35.9 Å². The van der Waals surface area contributed by atoms with E-state index >= 15 is 0 Å². The molecule has 1 aliphatic carbocycles. The maximum absolute atomic E-state index is 14.1. The molecule has 0 bridgehead atoms. The molecule has 3 amide bonds. The van der Waals surface area contributed by atoms with E-state index in [1.807, 2.05) is 57.2 Å². The van der Waals surface area contributed by atoms with E-state index in [4.69, 9.17) is 28.9 Å². The van der Waals surface area contributed by atoms with Crippen molar-refractivity contribution in [1.82, 2.24) is 35.5 Å². The molecule has 2 fully saturated rings. The van der Waals surface area contributed by atoms with Crippen LogP contribution in [0, 0.1) is 11.8 Å². The quantitative estimate of drug-likeness (QED) is 0.0932. The number of fused-ring (bicyclic) bond motifs is 6. The summed E-state index contributed by atoms with van der Waals surface area (Å²) in [7, 11) is 2.58. The van der Waals surface area contributed by atoms with Crippen molar-refractivity contribution in [2.24, 2.45) is 11.8 Å². The summed E-state index contributed by atoms with van der Waals surface area (Å²) in [5.41, 5.74) is 7.18. The van der Waals surface area contributed by atoms with Gasteiger partial charge in [-0.15, -0.1) is 0 Å². The van der Waals surface area contributed by atoms with Crippen molar-refractivity contribution < 1.29 is 38.1 Å². The van der Waals surface area contributed by atoms with Crippen molar-refractivity contribution in [3.63, 3.8) is 0 Å². The second-order valence-electron chi connectivity index (χ2n) is 17.2. The van der Waals surface area contributed by atoms with Gasteiger partial charge in [0.15, 0.2) is 5.78 Å². The fraction of sp³-hybridized carbons (Fsp3) is 0.388. The number of methoxy groups -OCH3 is 2. The van der Waals surface area contributed by atoms with Crippen molar-refractivity contribution in [2.75, 3.05) is 27.4 Å². The van der Waals surface area contributed by atoms with Gasteiger partial charge in [0.05, 0.1) is 55.3 Å². The van der Waals surface area contributed by atoms with Gasteiger partial charge in [-0.1, -0.05) is 62.4 Å². The van der Waals surface area contributed by atoms with E-state index in [0.717, 1.165) is 74.2 Å². The third-order valence-corrected chi connectivity index (χ3v) is 13.0. The van der Waals surface area contributed by atoms with Crippen molar-refractivity contribution in [3.8, 4) is 28.1 Å². The van der Waals surface area contributed by atoms with Crippen molar-refractivity contribution in [2.45, 2.75) is 83.2 Å². The first-order chi connectivity index (χ1) is 31.0. The van der Waals surface area contributed by atoms with E-state index in [9.17, 15) is 19.2 Å². The average Bonchev–Trinajstić information content (AvgIpc) is 4.15. The Balaban J connectivity index is 0.966. The number of aromatic nitrogens is 4. The van der Waals surface area contributed by atoms with Gasteiger partial charge in [-0.2, -0.15) is 0 Å². The third kappa shape index (κ3) is 8.04. The Hall–Kier alpha value is -6.74. The lowest BCUT2D eigenvalue weighted by Gasteiger charge is -2.28. The number of nitrogens with zero attached hydrogens (tertiary/aromatic N) is 3. The fourth-order valence-electron chi connectivity index (χ4n) is 9.85. The number of aromatic amines is 2. The molecule has 1 saturated carbocycles. The van der Waals surface area contributed by atoms with Crippen molar-refractivity contribution in [1.29, 1.82) is 0 Å². The Bertz CT molecular complexity index is 2730. The van der Waals surface area contributed by atoms with Gasteiger partial charge in [-0.05, 0) is 90.4 Å². The molecule has 4 aromatic carbocycles. The van der Waals surface area contributed by atoms with Gasteiger partial charge in [0.25, 0.3) is 5.91 Å². The first kappa shape index (κ1) is 42.6. The van der Waals surface area contributed by atoms with E-state index in [0.29, 0.717) is 44.0 Å². The largest absolute Gasteiger partial charge is 0.488 e. The minimum Gasteiger partial charge on any atom is -0.488 e. The molecular weight excluding hydrogens is 815 g/mol. The molecule has 6 aromatic rings. The molecule has 0 radical (unpaired) electrons. The zero-order valence-electron chi connectivity index (χ0n) is 36.6. The van der Waals surface area contributed by atoms with Crippen LogP contribution in [0.4, 0.5) is 9.59 Å². The SMILES string of the molecule is CCO[C@@H]1CC(C(=O)[C@@H](NC(=O)OC)C(C)C)[C@H](c2nc3c(ccc4cc5c(cc43)OCc3cc(-c4cnc([C@@H]6CCCN6C(=O)[C@H](NC(=O)OC)c6ccccc6)[nH]4)ccc3-5)[nH]2)C1. The monoisotopic (exact) mass is 867 g/mol. The Morgan fingerprint density at radius 3 is 2.47 bits per heavy atom. The average molecular weight is 868 g/mol. The number of nitrogens with one attached hydrogen (secondary N) is 4. The van der Waals surface area contributed by atoms with Crippen LogP contribution < -0.4 is 15.4 Å². The number of alkyl carbamates (subject to hydrolysis) is 2. The molecule has 1 saturated heterocycles. The number of Topliss-reactive ketones (excluding diaryl/α,β-unsaturated/α-hetero) is 1. The number of H-pyrrole nitrogens is 2. The van der Waals surface area contributed by atoms with Crippen molar-refractivity contribution in [3.05, 3.63) is 102 Å². The highest BCUT2D eigenvalue weighted by Crippen LogP contribution is 2.45. The van der Waals surface area contributed by atoms with Gasteiger partial charge in [0.2, 0.25) is 0 Å². The number of hydrogen-bond donors (Lipinski definition) is 4. The predicted octanol–water partition coefficient (Wildman–Crippen LogP) is 8.27. The maximum atomic E-state index is 14.1. The first-order valence-corrected chi connectivity index (χ1v) is 22.0. The molecule has 4 heterocycles. The summed E-state index contributed by atoms with van der Waals surface area (Å²) < 4.78 is 22.2. The Morgan fingerprint density at radius 1 is 0.906 bits per heavy atom. The lowest BCUT2D eigenvalue weighted by atomic mass is 9.84. The number of carbonyl (C=O) groups is 4. The van der Waals surface area contributed by atoms with Crippen LogP contribution in [0.15, 0.2) is 79.0 Å². The normalized spacial score (nSPS) is 20.1. The fourth-order valence-corrected chi connectivity index (χ4v) is 9.85. The van der Waals surface area contributed by atoms with E-state index in [1.54, 1.807) is 11.1 Å². The highest BCUT2D eigenvalue weighted by molar-refractivity contribution is 6.07. The number of hydrogen-bond acceptors (Lipinski definition) is 10. The maximum Gasteiger partial charge on any atom is 0.407 e. The third-order valence-electron chi connectivity index (χ3n) is 13.0. The Kier molecular flexibility index (Phi) is 11.8. The minimum atomic E-state index is -0.898. The second kappa shape index (κ2) is 17.8. The summed E-state index contributed by atoms with van der Waals surface area (Å²) in [6.45, 7) is 7.23. The smallest absolute Gasteiger partial charge is 0.407 e. The molecule has 2 aliphatic heterocycles. The van der Waals surface area contributed by atoms with Crippen LogP contribution in [-0.2, 0) is 30.4 Å². The van der Waals surface area contributed by atoms with E-state index in [-0.39, 0.29) is 35.7 Å². The highest BCUT2D eigenvalue weighted by atomic mass is 16.5. The van der Waals surface area contributed by atoms with Crippen LogP contribution in [-0.4, -0.2) is 88.2 Å². The standard InChI is InChI=1S/C49H53N7O8/c1-6-63-31-21-35(44(57)41(26(2)3)54-48(59)61-4)36(22-31)45-51-37-17-15-28-20-34-32-16-14-29(19-30(32)25-64-40(34)23-33(28)43(37)53-45)38-24-50-46(52-38)39-13-10-18-56(39)47(58)42(55-49(60)62-5)27-11-8-7-9-12-27/h7-9,11-12,14-17,19-20,23-24,26,31,35-36,39,41-42H,6,10,13,18,21-22,25H2,1-5H3,(H,50,52)(H,51,53)(H,54,59)(H,55,60)/t31-,35?,36-,39+,41+,42-/m1/s1. The summed E-state index contributed by atoms with van der Waals surface area (Å²) in [4.78, 5) is 71.4. The lowest BCUT2D eigenvalue weighted by Crippen LogP contribution is -2.47. The molecule has 64 heavy (non-hydrogen) atoms. The number of amides is 3. The summed E-state index contributed by atoms with van der Waals surface area (Å²) >= 11 is 0. The van der Waals surface area contributed by atoms with Crippen LogP contribution in [0.25, 0.3) is 44.2 Å². The van der Waals surface area contributed by atoms with E-state index < -0.39 is 30.2 Å². The zero-order chi connectivity index (χ0) is 44.6. The van der Waals surface area contributed by atoms with E-state index in [1.165, 1.54) is 14.2 Å². The second-order valence-corrected chi connectivity index (χ2v) is 17.2. The summed E-state index contributed by atoms with van der Waals surface area (Å²) in [5, 5.41) is 7.43. The van der Waals surface area contributed by atoms with Gasteiger partial charge in [0.1, 0.15) is 30.0 Å². The number of imidazole rings is 2.